The number of nitrogens with one attached hydrogen (secondary N) is 2. The lowest BCUT2D eigenvalue weighted by atomic mass is 9.91. The molecule has 1 fully saturated rings. The lowest BCUT2D eigenvalue weighted by molar-refractivity contribution is -0.208. The fraction of sp³-hybridized carbons (Fsp3) is 0.316. The number of hydrogen-bond donors (Lipinski definition) is 2. The zero-order valence-corrected chi connectivity index (χ0v) is 26.9. The fourth-order valence-corrected chi connectivity index (χ4v) is 5.67. The third-order valence-electron chi connectivity index (χ3n) is 8.06. The van der Waals surface area contributed by atoms with Crippen LogP contribution in [0, 0.1) is 0 Å². The standard InChI is InChI=1S/C38H43N3O6/c1-3-23-41-33(24-39-38(43)40-31-19-21-32(44-2)22-20-31)34(45-25-28-13-7-4-8-14-28)35(46-26-29-15-9-5-10-16-29)36(37(41)42)47-27-30-17-11-6-12-18-30/h4-22,33-36H,3,23-27H2,1-2H3,(H2,39,40,43)/t33-,34-,35-,36-/m1/s1. The topological polar surface area (TPSA) is 98.4 Å². The van der Waals surface area contributed by atoms with E-state index in [9.17, 15) is 9.59 Å². The lowest BCUT2D eigenvalue weighted by Gasteiger charge is -2.48. The van der Waals surface area contributed by atoms with Crippen LogP contribution in [0.4, 0.5) is 10.5 Å². The van der Waals surface area contributed by atoms with Crippen LogP contribution in [0.1, 0.15) is 30.0 Å². The van der Waals surface area contributed by atoms with Crippen molar-refractivity contribution in [3.05, 3.63) is 132 Å². The van der Waals surface area contributed by atoms with E-state index >= 15 is 0 Å². The van der Waals surface area contributed by atoms with Crippen LogP contribution >= 0.6 is 0 Å². The Balaban J connectivity index is 1.42. The van der Waals surface area contributed by atoms with E-state index in [1.54, 1.807) is 36.3 Å². The highest BCUT2D eigenvalue weighted by Gasteiger charge is 2.50. The molecule has 9 nitrogen and oxygen atoms in total. The average Bonchev–Trinajstić information content (AvgIpc) is 3.11. The number of amides is 3. The van der Waals surface area contributed by atoms with Gasteiger partial charge in [0.15, 0.2) is 6.10 Å². The minimum absolute atomic E-state index is 0.143. The van der Waals surface area contributed by atoms with Gasteiger partial charge >= 0.3 is 6.03 Å². The second-order valence-corrected chi connectivity index (χ2v) is 11.4. The monoisotopic (exact) mass is 637 g/mol. The van der Waals surface area contributed by atoms with Gasteiger partial charge in [-0.2, -0.15) is 0 Å². The summed E-state index contributed by atoms with van der Waals surface area (Å²) in [6.45, 7) is 3.43. The van der Waals surface area contributed by atoms with Gasteiger partial charge in [-0.15, -0.1) is 0 Å². The van der Waals surface area contributed by atoms with Gasteiger partial charge in [0.1, 0.15) is 18.0 Å². The van der Waals surface area contributed by atoms with Crippen molar-refractivity contribution in [2.75, 3.05) is 25.5 Å². The molecule has 0 bridgehead atoms. The Bertz CT molecular complexity index is 1520. The number of piperidine rings is 1. The summed E-state index contributed by atoms with van der Waals surface area (Å²) in [6.07, 6.45) is -1.58. The molecule has 4 aromatic rings. The van der Waals surface area contributed by atoms with Crippen LogP contribution in [-0.4, -0.2) is 61.4 Å². The molecule has 0 aromatic heterocycles. The van der Waals surface area contributed by atoms with E-state index in [1.165, 1.54) is 0 Å². The van der Waals surface area contributed by atoms with Crippen LogP contribution in [0.25, 0.3) is 0 Å². The smallest absolute Gasteiger partial charge is 0.319 e. The Hall–Kier alpha value is -4.70. The van der Waals surface area contributed by atoms with Crippen molar-refractivity contribution in [1.29, 1.82) is 0 Å². The molecule has 0 aliphatic carbocycles. The SMILES string of the molecule is CCCN1C(=O)[C@H](OCc2ccccc2)[C@H](OCc2ccccc2)[C@H](OCc2ccccc2)[C@H]1CNC(=O)Nc1ccc(OC)cc1. The van der Waals surface area contributed by atoms with E-state index in [1.807, 2.05) is 97.9 Å². The molecule has 4 atom stereocenters. The lowest BCUT2D eigenvalue weighted by Crippen LogP contribution is -2.68. The number of hydrogen-bond acceptors (Lipinski definition) is 6. The molecule has 0 unspecified atom stereocenters. The summed E-state index contributed by atoms with van der Waals surface area (Å²) >= 11 is 0. The average molecular weight is 638 g/mol. The van der Waals surface area contributed by atoms with Gasteiger partial charge in [0.05, 0.1) is 33.0 Å². The number of likely N-dealkylation sites (tertiary alicyclic amines) is 1. The van der Waals surface area contributed by atoms with Crippen molar-refractivity contribution in [2.24, 2.45) is 0 Å². The maximum Gasteiger partial charge on any atom is 0.319 e. The third-order valence-corrected chi connectivity index (χ3v) is 8.06. The van der Waals surface area contributed by atoms with Gasteiger partial charge in [-0.1, -0.05) is 97.9 Å². The number of ether oxygens (including phenoxy) is 4. The molecule has 1 aliphatic rings. The van der Waals surface area contributed by atoms with Gasteiger partial charge in [-0.05, 0) is 47.4 Å². The first-order valence-corrected chi connectivity index (χ1v) is 16.0. The van der Waals surface area contributed by atoms with Crippen LogP contribution in [0.5, 0.6) is 5.75 Å². The molecule has 3 amide bonds. The summed E-state index contributed by atoms with van der Waals surface area (Å²) in [4.78, 5) is 29.2. The van der Waals surface area contributed by atoms with E-state index in [2.05, 4.69) is 10.6 Å². The Morgan fingerprint density at radius 3 is 1.72 bits per heavy atom. The number of rotatable bonds is 15. The van der Waals surface area contributed by atoms with Gasteiger partial charge < -0.3 is 34.5 Å². The molecular formula is C38H43N3O6. The zero-order valence-electron chi connectivity index (χ0n) is 26.9. The van der Waals surface area contributed by atoms with Crippen LogP contribution in [0.3, 0.4) is 0 Å². The molecule has 246 valence electrons. The zero-order chi connectivity index (χ0) is 32.8. The van der Waals surface area contributed by atoms with Crippen LogP contribution in [0.15, 0.2) is 115 Å². The highest BCUT2D eigenvalue weighted by Crippen LogP contribution is 2.30. The summed E-state index contributed by atoms with van der Waals surface area (Å²) in [5.41, 5.74) is 3.51. The van der Waals surface area contributed by atoms with Crippen LogP contribution < -0.4 is 15.4 Å². The van der Waals surface area contributed by atoms with E-state index < -0.39 is 30.4 Å². The van der Waals surface area contributed by atoms with Crippen molar-refractivity contribution in [3.8, 4) is 5.75 Å². The van der Waals surface area contributed by atoms with Crippen molar-refractivity contribution in [3.63, 3.8) is 0 Å². The van der Waals surface area contributed by atoms with Gasteiger partial charge in [0.25, 0.3) is 5.91 Å². The van der Waals surface area contributed by atoms with E-state index in [0.717, 1.165) is 16.7 Å². The summed E-state index contributed by atoms with van der Waals surface area (Å²) < 4.78 is 24.9. The number of nitrogens with zero attached hydrogens (tertiary/aromatic N) is 1. The molecule has 0 radical (unpaired) electrons. The molecule has 2 N–H and O–H groups in total. The Morgan fingerprint density at radius 1 is 0.702 bits per heavy atom. The Labute approximate surface area is 276 Å². The third kappa shape index (κ3) is 9.42. The second kappa shape index (κ2) is 17.3. The van der Waals surface area contributed by atoms with Gasteiger partial charge in [0, 0.05) is 18.8 Å². The Kier molecular flexibility index (Phi) is 12.4. The number of benzene rings is 4. The number of anilines is 1. The maximum atomic E-state index is 14.3. The Morgan fingerprint density at radius 2 is 1.21 bits per heavy atom. The molecule has 0 saturated carbocycles. The predicted octanol–water partition coefficient (Wildman–Crippen LogP) is 6.19. The largest absolute Gasteiger partial charge is 0.497 e. The highest BCUT2D eigenvalue weighted by molar-refractivity contribution is 5.89. The highest BCUT2D eigenvalue weighted by atomic mass is 16.6. The van der Waals surface area contributed by atoms with Crippen molar-refractivity contribution >= 4 is 17.6 Å². The van der Waals surface area contributed by atoms with Gasteiger partial charge in [-0.25, -0.2) is 4.79 Å². The van der Waals surface area contributed by atoms with Crippen LogP contribution in [0.2, 0.25) is 0 Å². The molecule has 0 spiro atoms. The van der Waals surface area contributed by atoms with Crippen molar-refractivity contribution < 1.29 is 28.5 Å². The van der Waals surface area contributed by atoms with E-state index in [-0.39, 0.29) is 25.7 Å². The number of carbonyl (C=O) groups is 2. The first-order chi connectivity index (χ1) is 23.1. The number of urea groups is 1. The maximum absolute atomic E-state index is 14.3. The molecular weight excluding hydrogens is 594 g/mol. The first-order valence-electron chi connectivity index (χ1n) is 16.0. The van der Waals surface area contributed by atoms with E-state index in [0.29, 0.717) is 31.0 Å². The second-order valence-electron chi connectivity index (χ2n) is 11.4. The first kappa shape index (κ1) is 33.7. The van der Waals surface area contributed by atoms with Crippen molar-refractivity contribution in [1.82, 2.24) is 10.2 Å². The van der Waals surface area contributed by atoms with Gasteiger partial charge in [0.2, 0.25) is 0 Å². The summed E-state index contributed by atoms with van der Waals surface area (Å²) in [5, 5.41) is 5.84. The molecule has 1 heterocycles. The molecule has 5 rings (SSSR count). The quantitative estimate of drug-likeness (QED) is 0.161. The normalized spacial score (nSPS) is 19.3. The fourth-order valence-electron chi connectivity index (χ4n) is 5.67. The molecule has 4 aromatic carbocycles. The number of carbonyl (C=O) groups excluding carboxylic acids is 2. The molecule has 47 heavy (non-hydrogen) atoms. The molecule has 1 saturated heterocycles. The minimum atomic E-state index is -0.921. The summed E-state index contributed by atoms with van der Waals surface area (Å²) in [7, 11) is 1.59. The summed E-state index contributed by atoms with van der Waals surface area (Å²) in [6, 6.07) is 35.6. The minimum Gasteiger partial charge on any atom is -0.497 e. The summed E-state index contributed by atoms with van der Waals surface area (Å²) in [5.74, 6) is 0.499. The predicted molar refractivity (Wildman–Crippen MR) is 181 cm³/mol. The molecule has 1 aliphatic heterocycles. The van der Waals surface area contributed by atoms with Gasteiger partial charge in [-0.3, -0.25) is 4.79 Å². The number of methoxy groups -OCH3 is 1. The molecule has 9 heteroatoms. The van der Waals surface area contributed by atoms with Crippen LogP contribution in [-0.2, 0) is 38.8 Å². The van der Waals surface area contributed by atoms with E-state index in [4.69, 9.17) is 18.9 Å². The van der Waals surface area contributed by atoms with Crippen molar-refractivity contribution in [2.45, 2.75) is 57.5 Å².